The Morgan fingerprint density at radius 3 is 2.56 bits per heavy atom. The highest BCUT2D eigenvalue weighted by atomic mass is 19.4. The zero-order valence-corrected chi connectivity index (χ0v) is 18.9. The van der Waals surface area contributed by atoms with Crippen LogP contribution in [-0.4, -0.2) is 37.1 Å². The Labute approximate surface area is 195 Å². The summed E-state index contributed by atoms with van der Waals surface area (Å²) in [4.78, 5) is 18.4. The molecule has 180 valence electrons. The van der Waals surface area contributed by atoms with E-state index in [1.54, 1.807) is 6.07 Å². The van der Waals surface area contributed by atoms with Gasteiger partial charge in [-0.3, -0.25) is 4.79 Å². The number of carbonyl (C=O) groups is 1. The number of hydrogen-bond acceptors (Lipinski definition) is 4. The molecule has 0 aliphatic heterocycles. The van der Waals surface area contributed by atoms with Gasteiger partial charge in [0.15, 0.2) is 0 Å². The third-order valence-electron chi connectivity index (χ3n) is 6.05. The van der Waals surface area contributed by atoms with Crippen molar-refractivity contribution >= 4 is 28.2 Å². The molecule has 9 heteroatoms. The van der Waals surface area contributed by atoms with Gasteiger partial charge in [0, 0.05) is 48.5 Å². The van der Waals surface area contributed by atoms with Gasteiger partial charge >= 0.3 is 6.18 Å². The average Bonchev–Trinajstić information content (AvgIpc) is 2.79. The zero-order valence-electron chi connectivity index (χ0n) is 18.9. The number of amides is 1. The van der Waals surface area contributed by atoms with Gasteiger partial charge in [0.1, 0.15) is 11.5 Å². The Bertz CT molecular complexity index is 1200. The SMILES string of the molecule is CN(C)c1cccc(C(=O)N[C@@H]2CCC[C@H](Nc3cc(C(F)(F)F)nc4ccc(F)cc34)C2)c1. The molecule has 2 atom stereocenters. The fraction of sp³-hybridized carbons (Fsp3) is 0.360. The number of nitrogens with zero attached hydrogens (tertiary/aromatic N) is 2. The summed E-state index contributed by atoms with van der Waals surface area (Å²) >= 11 is 0. The quantitative estimate of drug-likeness (QED) is 0.472. The minimum Gasteiger partial charge on any atom is -0.382 e. The maximum absolute atomic E-state index is 13.8. The second-order valence-corrected chi connectivity index (χ2v) is 8.84. The van der Waals surface area contributed by atoms with E-state index in [4.69, 9.17) is 0 Å². The minimum absolute atomic E-state index is 0.0696. The van der Waals surface area contributed by atoms with Crippen LogP contribution in [0.25, 0.3) is 10.9 Å². The number of benzene rings is 2. The highest BCUT2D eigenvalue weighted by Gasteiger charge is 2.34. The second kappa shape index (κ2) is 9.48. The molecular formula is C25H26F4N4O. The van der Waals surface area contributed by atoms with E-state index in [9.17, 15) is 22.4 Å². The molecule has 5 nitrogen and oxygen atoms in total. The predicted molar refractivity (Wildman–Crippen MR) is 125 cm³/mol. The van der Waals surface area contributed by atoms with Crippen LogP contribution in [-0.2, 0) is 6.18 Å². The summed E-state index contributed by atoms with van der Waals surface area (Å²) in [6.45, 7) is 0. The molecule has 2 N–H and O–H groups in total. The number of nitrogens with one attached hydrogen (secondary N) is 2. The standard InChI is InChI=1S/C25H26F4N4O/c1-33(2)19-8-3-5-15(11-19)24(34)31-18-7-4-6-17(13-18)30-22-14-23(25(27,28)29)32-21-10-9-16(26)12-20(21)22/h3,5,8-12,14,17-18H,4,6-7,13H2,1-2H3,(H,30,32)(H,31,34)/t17-,18+/m0/s1. The number of rotatable bonds is 5. The van der Waals surface area contributed by atoms with E-state index in [1.165, 1.54) is 12.1 Å². The molecule has 0 bridgehead atoms. The fourth-order valence-corrected chi connectivity index (χ4v) is 4.33. The van der Waals surface area contributed by atoms with E-state index in [0.717, 1.165) is 37.1 Å². The van der Waals surface area contributed by atoms with Crippen LogP contribution in [0.5, 0.6) is 0 Å². The molecule has 1 fully saturated rings. The predicted octanol–water partition coefficient (Wildman–Crippen LogP) is 5.61. The number of anilines is 2. The maximum atomic E-state index is 13.8. The summed E-state index contributed by atoms with van der Waals surface area (Å²) < 4.78 is 54.0. The fourth-order valence-electron chi connectivity index (χ4n) is 4.33. The molecule has 0 unspecified atom stereocenters. The molecule has 1 aromatic heterocycles. The number of alkyl halides is 3. The smallest absolute Gasteiger partial charge is 0.382 e. The highest BCUT2D eigenvalue weighted by molar-refractivity contribution is 5.95. The lowest BCUT2D eigenvalue weighted by atomic mass is 9.90. The normalized spacial score (nSPS) is 18.5. The van der Waals surface area contributed by atoms with E-state index in [1.807, 2.05) is 37.2 Å². The van der Waals surface area contributed by atoms with Gasteiger partial charge in [-0.15, -0.1) is 0 Å². The Hall–Kier alpha value is -3.36. The third-order valence-corrected chi connectivity index (χ3v) is 6.05. The molecule has 1 amide bonds. The van der Waals surface area contributed by atoms with Gasteiger partial charge in [-0.2, -0.15) is 13.2 Å². The Morgan fingerprint density at radius 2 is 1.82 bits per heavy atom. The monoisotopic (exact) mass is 474 g/mol. The summed E-state index contributed by atoms with van der Waals surface area (Å²) in [6, 6.07) is 11.4. The topological polar surface area (TPSA) is 57.3 Å². The lowest BCUT2D eigenvalue weighted by Gasteiger charge is -2.31. The molecule has 4 rings (SSSR count). The molecule has 1 saturated carbocycles. The first-order valence-electron chi connectivity index (χ1n) is 11.1. The van der Waals surface area contributed by atoms with Crippen LogP contribution in [0.1, 0.15) is 41.7 Å². The van der Waals surface area contributed by atoms with Crippen molar-refractivity contribution in [3.63, 3.8) is 0 Å². The molecule has 34 heavy (non-hydrogen) atoms. The van der Waals surface area contributed by atoms with Crippen LogP contribution >= 0.6 is 0 Å². The first-order valence-corrected chi connectivity index (χ1v) is 11.1. The van der Waals surface area contributed by atoms with Gasteiger partial charge in [0.05, 0.1) is 5.52 Å². The molecule has 0 radical (unpaired) electrons. The molecule has 2 aromatic carbocycles. The number of halogens is 4. The van der Waals surface area contributed by atoms with E-state index in [-0.39, 0.29) is 29.2 Å². The van der Waals surface area contributed by atoms with Gasteiger partial charge in [0.2, 0.25) is 0 Å². The number of pyridine rings is 1. The average molecular weight is 475 g/mol. The van der Waals surface area contributed by atoms with Crippen LogP contribution < -0.4 is 15.5 Å². The van der Waals surface area contributed by atoms with E-state index in [2.05, 4.69) is 15.6 Å². The molecule has 1 heterocycles. The van der Waals surface area contributed by atoms with Crippen LogP contribution in [0.3, 0.4) is 0 Å². The summed E-state index contributed by atoms with van der Waals surface area (Å²) in [5.41, 5.74) is 0.683. The third kappa shape index (κ3) is 5.40. The summed E-state index contributed by atoms with van der Waals surface area (Å²) in [6.07, 6.45) is -1.79. The summed E-state index contributed by atoms with van der Waals surface area (Å²) in [5, 5.41) is 6.51. The molecule has 1 aliphatic carbocycles. The molecule has 0 spiro atoms. The lowest BCUT2D eigenvalue weighted by molar-refractivity contribution is -0.140. The first kappa shape index (κ1) is 23.8. The first-order chi connectivity index (χ1) is 16.1. The highest BCUT2D eigenvalue weighted by Crippen LogP contribution is 2.34. The lowest BCUT2D eigenvalue weighted by Crippen LogP contribution is -2.41. The molecular weight excluding hydrogens is 448 g/mol. The van der Waals surface area contributed by atoms with Crippen molar-refractivity contribution in [3.05, 3.63) is 65.6 Å². The zero-order chi connectivity index (χ0) is 24.5. The van der Waals surface area contributed by atoms with E-state index >= 15 is 0 Å². The number of fused-ring (bicyclic) bond motifs is 1. The summed E-state index contributed by atoms with van der Waals surface area (Å²) in [5.74, 6) is -0.740. The Morgan fingerprint density at radius 1 is 1.06 bits per heavy atom. The van der Waals surface area contributed by atoms with Gasteiger partial charge in [-0.25, -0.2) is 9.37 Å². The minimum atomic E-state index is -4.62. The molecule has 0 saturated heterocycles. The van der Waals surface area contributed by atoms with Crippen molar-refractivity contribution in [2.75, 3.05) is 24.3 Å². The van der Waals surface area contributed by atoms with Gasteiger partial charge in [-0.1, -0.05) is 6.07 Å². The van der Waals surface area contributed by atoms with E-state index < -0.39 is 17.7 Å². The van der Waals surface area contributed by atoms with Crippen molar-refractivity contribution in [3.8, 4) is 0 Å². The van der Waals surface area contributed by atoms with Crippen LogP contribution in [0, 0.1) is 5.82 Å². The second-order valence-electron chi connectivity index (χ2n) is 8.84. The molecule has 3 aromatic rings. The van der Waals surface area contributed by atoms with Crippen molar-refractivity contribution < 1.29 is 22.4 Å². The van der Waals surface area contributed by atoms with Gasteiger partial charge in [-0.05, 0) is 68.1 Å². The van der Waals surface area contributed by atoms with Crippen molar-refractivity contribution in [1.82, 2.24) is 10.3 Å². The Balaban J connectivity index is 1.51. The van der Waals surface area contributed by atoms with Crippen molar-refractivity contribution in [2.45, 2.75) is 43.9 Å². The number of aromatic nitrogens is 1. The number of carbonyl (C=O) groups excluding carboxylic acids is 1. The van der Waals surface area contributed by atoms with Gasteiger partial charge in [0.25, 0.3) is 5.91 Å². The van der Waals surface area contributed by atoms with Crippen LogP contribution in [0.2, 0.25) is 0 Å². The maximum Gasteiger partial charge on any atom is 0.433 e. The van der Waals surface area contributed by atoms with E-state index in [0.29, 0.717) is 17.4 Å². The van der Waals surface area contributed by atoms with Crippen LogP contribution in [0.15, 0.2) is 48.5 Å². The van der Waals surface area contributed by atoms with Crippen molar-refractivity contribution in [2.24, 2.45) is 0 Å². The largest absolute Gasteiger partial charge is 0.433 e. The molecule has 1 aliphatic rings. The van der Waals surface area contributed by atoms with Crippen LogP contribution in [0.4, 0.5) is 28.9 Å². The van der Waals surface area contributed by atoms with Crippen molar-refractivity contribution in [1.29, 1.82) is 0 Å². The summed E-state index contributed by atoms with van der Waals surface area (Å²) in [7, 11) is 3.79. The number of hydrogen-bond donors (Lipinski definition) is 2. The van der Waals surface area contributed by atoms with Gasteiger partial charge < -0.3 is 15.5 Å². The Kier molecular flexibility index (Phi) is 6.63.